The van der Waals surface area contributed by atoms with Gasteiger partial charge in [-0.3, -0.25) is 4.79 Å². The minimum atomic E-state index is -0.0450. The zero-order chi connectivity index (χ0) is 9.92. The van der Waals surface area contributed by atoms with Crippen LogP contribution in [0.4, 0.5) is 0 Å². The quantitative estimate of drug-likeness (QED) is 0.597. The van der Waals surface area contributed by atoms with Crippen LogP contribution in [0.3, 0.4) is 0 Å². The number of fused-ring (bicyclic) bond motifs is 3. The number of carbonyl (C=O) groups excluding carboxylic acids is 1. The molecule has 2 heteroatoms. The van der Waals surface area contributed by atoms with E-state index in [9.17, 15) is 4.79 Å². The second kappa shape index (κ2) is 4.99. The van der Waals surface area contributed by atoms with Crippen molar-refractivity contribution in [1.82, 2.24) is 0 Å². The maximum atomic E-state index is 11.8. The Kier molecular flexibility index (Phi) is 4.84. The molecule has 2 nitrogen and oxygen atoms in total. The molecule has 3 aliphatic rings. The first-order valence-corrected chi connectivity index (χ1v) is 5.82. The van der Waals surface area contributed by atoms with Gasteiger partial charge in [0.25, 0.3) is 0 Å². The summed E-state index contributed by atoms with van der Waals surface area (Å²) in [6, 6.07) is 0. The zero-order valence-electron chi connectivity index (χ0n) is 8.95. The number of ether oxygens (including phenoxy) is 1. The first kappa shape index (κ1) is 16.5. The summed E-state index contributed by atoms with van der Waals surface area (Å²) in [7, 11) is 0. The van der Waals surface area contributed by atoms with E-state index in [1.165, 1.54) is 6.42 Å². The van der Waals surface area contributed by atoms with E-state index in [2.05, 4.69) is 13.8 Å². The van der Waals surface area contributed by atoms with E-state index < -0.39 is 0 Å². The fourth-order valence-corrected chi connectivity index (χ4v) is 4.26. The number of carbonyl (C=O) groups is 1. The molecule has 102 valence electrons. The van der Waals surface area contributed by atoms with Gasteiger partial charge in [-0.05, 0) is 42.9 Å². The highest BCUT2D eigenvalue weighted by atomic mass is 16.5. The highest BCUT2D eigenvalue weighted by molar-refractivity contribution is 5.79. The van der Waals surface area contributed by atoms with E-state index in [-0.39, 0.29) is 33.7 Å². The Bertz CT molecular complexity index is 285. The second-order valence-corrected chi connectivity index (χ2v) is 5.57. The summed E-state index contributed by atoms with van der Waals surface area (Å²) in [6.45, 7) is 5.34. The van der Waals surface area contributed by atoms with Gasteiger partial charge in [-0.15, -0.1) is 0 Å². The molecule has 0 N–H and O–H groups in total. The molecule has 5 unspecified atom stereocenters. The van der Waals surface area contributed by atoms with E-state index in [4.69, 9.17) is 4.74 Å². The fraction of sp³-hybridized carbons (Fsp3) is 0.933. The first-order chi connectivity index (χ1) is 6.65. The van der Waals surface area contributed by atoms with E-state index >= 15 is 0 Å². The predicted octanol–water partition coefficient (Wildman–Crippen LogP) is 4.14. The lowest BCUT2D eigenvalue weighted by atomic mass is 9.65. The summed E-state index contributed by atoms with van der Waals surface area (Å²) in [5, 5.41) is 0. The van der Waals surface area contributed by atoms with Gasteiger partial charge in [0.1, 0.15) is 0 Å². The normalized spacial score (nSPS) is 45.9. The molecular weight excluding hydrogens is 212 g/mol. The molecule has 1 heterocycles. The lowest BCUT2D eigenvalue weighted by Gasteiger charge is -2.37. The minimum Gasteiger partial charge on any atom is -0.465 e. The molecular formula is C15H30O2. The molecule has 0 aromatic rings. The Morgan fingerprint density at radius 1 is 1.18 bits per heavy atom. The molecule has 17 heavy (non-hydrogen) atoms. The highest BCUT2D eigenvalue weighted by Crippen LogP contribution is 2.63. The summed E-state index contributed by atoms with van der Waals surface area (Å²) in [5.74, 6) is 3.07. The van der Waals surface area contributed by atoms with Crippen LogP contribution in [0.5, 0.6) is 0 Å². The third-order valence-electron chi connectivity index (χ3n) is 5.29. The van der Waals surface area contributed by atoms with Gasteiger partial charge in [-0.2, -0.15) is 0 Å². The van der Waals surface area contributed by atoms with Gasteiger partial charge in [-0.1, -0.05) is 36.1 Å². The molecule has 2 bridgehead atoms. The van der Waals surface area contributed by atoms with Crippen LogP contribution >= 0.6 is 0 Å². The molecule has 1 spiro atoms. The molecule has 5 atom stereocenters. The summed E-state index contributed by atoms with van der Waals surface area (Å²) < 4.78 is 5.19. The molecule has 2 aliphatic carbocycles. The van der Waals surface area contributed by atoms with Crippen LogP contribution in [0.25, 0.3) is 0 Å². The second-order valence-electron chi connectivity index (χ2n) is 5.57. The average Bonchev–Trinajstić information content (AvgIpc) is 2.77. The molecule has 0 aromatic carbocycles. The van der Waals surface area contributed by atoms with Crippen LogP contribution in [0.15, 0.2) is 0 Å². The lowest BCUT2D eigenvalue weighted by molar-refractivity contribution is -0.150. The number of hydrogen-bond acceptors (Lipinski definition) is 2. The maximum Gasteiger partial charge on any atom is 0.312 e. The van der Waals surface area contributed by atoms with E-state index in [0.717, 1.165) is 30.6 Å². The van der Waals surface area contributed by atoms with Crippen molar-refractivity contribution in [3.05, 3.63) is 0 Å². The van der Waals surface area contributed by atoms with Crippen molar-refractivity contribution in [3.8, 4) is 0 Å². The van der Waals surface area contributed by atoms with Crippen molar-refractivity contribution in [1.29, 1.82) is 0 Å². The highest BCUT2D eigenvalue weighted by Gasteiger charge is 2.63. The summed E-state index contributed by atoms with van der Waals surface area (Å²) in [5.41, 5.74) is -0.0450. The summed E-state index contributed by atoms with van der Waals surface area (Å²) in [4.78, 5) is 11.8. The van der Waals surface area contributed by atoms with Crippen LogP contribution in [-0.2, 0) is 9.53 Å². The van der Waals surface area contributed by atoms with Gasteiger partial charge in [0.2, 0.25) is 0 Å². The predicted molar refractivity (Wildman–Crippen MR) is 72.7 cm³/mol. The van der Waals surface area contributed by atoms with Gasteiger partial charge >= 0.3 is 5.97 Å². The lowest BCUT2D eigenvalue weighted by Crippen LogP contribution is -2.38. The Hall–Kier alpha value is -0.530. The van der Waals surface area contributed by atoms with Crippen molar-refractivity contribution >= 4 is 5.97 Å². The van der Waals surface area contributed by atoms with Crippen molar-refractivity contribution < 1.29 is 9.53 Å². The first-order valence-electron chi connectivity index (χ1n) is 5.82. The number of cyclic esters (lactones) is 1. The summed E-state index contributed by atoms with van der Waals surface area (Å²) in [6.07, 6.45) is 3.38. The zero-order valence-corrected chi connectivity index (χ0v) is 8.95. The molecule has 2 saturated carbocycles. The molecule has 0 radical (unpaired) electrons. The van der Waals surface area contributed by atoms with E-state index in [1.54, 1.807) is 0 Å². The van der Waals surface area contributed by atoms with Gasteiger partial charge in [0.15, 0.2) is 0 Å². The van der Waals surface area contributed by atoms with Crippen LogP contribution in [-0.4, -0.2) is 12.6 Å². The van der Waals surface area contributed by atoms with Crippen molar-refractivity contribution in [2.24, 2.45) is 29.1 Å². The molecule has 1 aliphatic heterocycles. The van der Waals surface area contributed by atoms with E-state index in [1.807, 2.05) is 0 Å². The Morgan fingerprint density at radius 3 is 2.24 bits per heavy atom. The minimum absolute atomic E-state index is 0. The number of esters is 1. The SMILES string of the molecule is C.C.C.CC1C2CC(C1C)C1(CCOC1=O)C2. The number of rotatable bonds is 0. The monoisotopic (exact) mass is 242 g/mol. The fourth-order valence-electron chi connectivity index (χ4n) is 4.26. The molecule has 0 aromatic heterocycles. The maximum absolute atomic E-state index is 11.8. The van der Waals surface area contributed by atoms with Crippen molar-refractivity contribution in [2.75, 3.05) is 6.61 Å². The van der Waals surface area contributed by atoms with Gasteiger partial charge < -0.3 is 4.74 Å². The molecule has 3 fully saturated rings. The van der Waals surface area contributed by atoms with Crippen molar-refractivity contribution in [2.45, 2.75) is 55.4 Å². The van der Waals surface area contributed by atoms with Gasteiger partial charge in [0, 0.05) is 0 Å². The smallest absolute Gasteiger partial charge is 0.312 e. The molecule has 0 amide bonds. The Morgan fingerprint density at radius 2 is 1.82 bits per heavy atom. The average molecular weight is 242 g/mol. The third-order valence-corrected chi connectivity index (χ3v) is 5.29. The topological polar surface area (TPSA) is 26.3 Å². The van der Waals surface area contributed by atoms with Crippen molar-refractivity contribution in [3.63, 3.8) is 0 Å². The van der Waals surface area contributed by atoms with Crippen LogP contribution in [0.2, 0.25) is 0 Å². The van der Waals surface area contributed by atoms with Crippen LogP contribution in [0, 0.1) is 29.1 Å². The third kappa shape index (κ3) is 1.80. The standard InChI is InChI=1S/C12H18O2.3CH4/c1-7-8(2)10-5-9(7)6-12(10)3-4-14-11(12)13;;;/h7-10H,3-6H2,1-2H3;3*1H4. The number of hydrogen-bond donors (Lipinski definition) is 0. The van der Waals surface area contributed by atoms with E-state index in [0.29, 0.717) is 12.5 Å². The largest absolute Gasteiger partial charge is 0.465 e. The van der Waals surface area contributed by atoms with Crippen LogP contribution < -0.4 is 0 Å². The Balaban J connectivity index is 0.000000853. The molecule has 3 rings (SSSR count). The Labute approximate surface area is 107 Å². The molecule has 1 saturated heterocycles. The van der Waals surface area contributed by atoms with Crippen LogP contribution in [0.1, 0.15) is 55.4 Å². The summed E-state index contributed by atoms with van der Waals surface area (Å²) >= 11 is 0. The van der Waals surface area contributed by atoms with Gasteiger partial charge in [0.05, 0.1) is 12.0 Å². The van der Waals surface area contributed by atoms with Gasteiger partial charge in [-0.25, -0.2) is 0 Å².